The van der Waals surface area contributed by atoms with Crippen LogP contribution in [-0.4, -0.2) is 19.7 Å². The summed E-state index contributed by atoms with van der Waals surface area (Å²) in [7, 11) is 0. The van der Waals surface area contributed by atoms with Gasteiger partial charge in [0.2, 0.25) is 0 Å². The van der Waals surface area contributed by atoms with Crippen LogP contribution in [0.5, 0.6) is 0 Å². The van der Waals surface area contributed by atoms with Gasteiger partial charge < -0.3 is 10.1 Å². The normalized spacial score (nSPS) is 10.6. The molecule has 0 fully saturated rings. The molecule has 17 heavy (non-hydrogen) atoms. The van der Waals surface area contributed by atoms with E-state index in [0.717, 1.165) is 32.7 Å². The van der Waals surface area contributed by atoms with E-state index < -0.39 is 0 Å². The zero-order valence-electron chi connectivity index (χ0n) is 11.0. The smallest absolute Gasteiger partial charge is 0.0716 e. The van der Waals surface area contributed by atoms with Gasteiger partial charge in [0.25, 0.3) is 0 Å². The van der Waals surface area contributed by atoms with Gasteiger partial charge in [-0.2, -0.15) is 0 Å². The standard InChI is InChI=1S/C15H25NO/c1-2-3-11-16-12-7-8-13-17-14-15-9-5-4-6-10-15/h4-6,9-10,16H,2-3,7-8,11-14H2,1H3. The van der Waals surface area contributed by atoms with E-state index in [2.05, 4.69) is 36.5 Å². The average molecular weight is 235 g/mol. The number of ether oxygens (including phenoxy) is 1. The highest BCUT2D eigenvalue weighted by atomic mass is 16.5. The summed E-state index contributed by atoms with van der Waals surface area (Å²) >= 11 is 0. The monoisotopic (exact) mass is 235 g/mol. The van der Waals surface area contributed by atoms with Crippen molar-refractivity contribution in [3.8, 4) is 0 Å². The fourth-order valence-corrected chi connectivity index (χ4v) is 1.65. The molecule has 0 aromatic heterocycles. The van der Waals surface area contributed by atoms with Crippen LogP contribution in [0.4, 0.5) is 0 Å². The number of benzene rings is 1. The largest absolute Gasteiger partial charge is 0.377 e. The van der Waals surface area contributed by atoms with Crippen LogP contribution in [0.15, 0.2) is 30.3 Å². The van der Waals surface area contributed by atoms with Crippen LogP contribution < -0.4 is 5.32 Å². The van der Waals surface area contributed by atoms with Crippen LogP contribution in [0.2, 0.25) is 0 Å². The molecular weight excluding hydrogens is 210 g/mol. The van der Waals surface area contributed by atoms with E-state index in [0.29, 0.717) is 0 Å². The Morgan fingerprint density at radius 3 is 2.53 bits per heavy atom. The Balaban J connectivity index is 1.85. The number of hydrogen-bond acceptors (Lipinski definition) is 2. The zero-order chi connectivity index (χ0) is 12.2. The van der Waals surface area contributed by atoms with E-state index in [1.165, 1.54) is 24.8 Å². The number of nitrogens with one attached hydrogen (secondary N) is 1. The lowest BCUT2D eigenvalue weighted by Gasteiger charge is -2.05. The van der Waals surface area contributed by atoms with Gasteiger partial charge in [0.15, 0.2) is 0 Å². The van der Waals surface area contributed by atoms with Gasteiger partial charge in [0.1, 0.15) is 0 Å². The first kappa shape index (κ1) is 14.2. The van der Waals surface area contributed by atoms with E-state index in [1.807, 2.05) is 6.07 Å². The molecule has 1 aromatic carbocycles. The maximum absolute atomic E-state index is 5.62. The lowest BCUT2D eigenvalue weighted by molar-refractivity contribution is 0.117. The summed E-state index contributed by atoms with van der Waals surface area (Å²) in [5, 5.41) is 3.44. The SMILES string of the molecule is CCCCNCCCCOCc1ccccc1. The summed E-state index contributed by atoms with van der Waals surface area (Å²) in [6, 6.07) is 10.3. The van der Waals surface area contributed by atoms with Gasteiger partial charge in [-0.25, -0.2) is 0 Å². The third-order valence-electron chi connectivity index (χ3n) is 2.71. The summed E-state index contributed by atoms with van der Waals surface area (Å²) < 4.78 is 5.62. The quantitative estimate of drug-likeness (QED) is 0.628. The summed E-state index contributed by atoms with van der Waals surface area (Å²) in [5.41, 5.74) is 1.26. The van der Waals surface area contributed by atoms with Crippen LogP contribution in [0.3, 0.4) is 0 Å². The second kappa shape index (κ2) is 10.3. The summed E-state index contributed by atoms with van der Waals surface area (Å²) in [6.07, 6.45) is 4.90. The Morgan fingerprint density at radius 2 is 1.76 bits per heavy atom. The van der Waals surface area contributed by atoms with Crippen LogP contribution in [0.1, 0.15) is 38.2 Å². The van der Waals surface area contributed by atoms with Gasteiger partial charge in [0, 0.05) is 6.61 Å². The molecule has 0 saturated heterocycles. The molecule has 0 bridgehead atoms. The highest BCUT2D eigenvalue weighted by molar-refractivity contribution is 5.13. The molecule has 2 nitrogen and oxygen atoms in total. The van der Waals surface area contributed by atoms with Crippen LogP contribution in [0.25, 0.3) is 0 Å². The van der Waals surface area contributed by atoms with Crippen molar-refractivity contribution in [3.63, 3.8) is 0 Å². The Labute approximate surface area is 105 Å². The minimum Gasteiger partial charge on any atom is -0.377 e. The van der Waals surface area contributed by atoms with Gasteiger partial charge in [-0.1, -0.05) is 43.7 Å². The highest BCUT2D eigenvalue weighted by Crippen LogP contribution is 2.01. The maximum Gasteiger partial charge on any atom is 0.0716 e. The Hall–Kier alpha value is -0.860. The molecular formula is C15H25NO. The van der Waals surface area contributed by atoms with Gasteiger partial charge in [0.05, 0.1) is 6.61 Å². The van der Waals surface area contributed by atoms with Gasteiger partial charge >= 0.3 is 0 Å². The van der Waals surface area contributed by atoms with Gasteiger partial charge in [-0.15, -0.1) is 0 Å². The van der Waals surface area contributed by atoms with Crippen molar-refractivity contribution in [1.29, 1.82) is 0 Å². The fraction of sp³-hybridized carbons (Fsp3) is 0.600. The molecule has 0 atom stereocenters. The summed E-state index contributed by atoms with van der Waals surface area (Å²) in [5.74, 6) is 0. The summed E-state index contributed by atoms with van der Waals surface area (Å²) in [4.78, 5) is 0. The van der Waals surface area contributed by atoms with Crippen molar-refractivity contribution in [2.24, 2.45) is 0 Å². The number of hydrogen-bond donors (Lipinski definition) is 1. The molecule has 0 spiro atoms. The van der Waals surface area contributed by atoms with E-state index in [4.69, 9.17) is 4.74 Å². The van der Waals surface area contributed by atoms with E-state index >= 15 is 0 Å². The predicted molar refractivity (Wildman–Crippen MR) is 73.1 cm³/mol. The first-order chi connectivity index (χ1) is 8.43. The molecule has 0 heterocycles. The molecule has 0 radical (unpaired) electrons. The van der Waals surface area contributed by atoms with Crippen molar-refractivity contribution < 1.29 is 4.74 Å². The first-order valence-electron chi connectivity index (χ1n) is 6.76. The molecule has 0 aliphatic heterocycles. The molecule has 2 heteroatoms. The lowest BCUT2D eigenvalue weighted by Crippen LogP contribution is -2.16. The molecule has 0 aliphatic carbocycles. The Kier molecular flexibility index (Phi) is 8.61. The molecule has 96 valence electrons. The van der Waals surface area contributed by atoms with E-state index in [1.54, 1.807) is 0 Å². The van der Waals surface area contributed by atoms with E-state index in [9.17, 15) is 0 Å². The van der Waals surface area contributed by atoms with Crippen molar-refractivity contribution in [1.82, 2.24) is 5.32 Å². The first-order valence-corrected chi connectivity index (χ1v) is 6.76. The summed E-state index contributed by atoms with van der Waals surface area (Å²) in [6.45, 7) is 6.10. The van der Waals surface area contributed by atoms with Crippen LogP contribution in [0, 0.1) is 0 Å². The maximum atomic E-state index is 5.62. The Bertz CT molecular complexity index is 261. The highest BCUT2D eigenvalue weighted by Gasteiger charge is 1.92. The van der Waals surface area contributed by atoms with Gasteiger partial charge in [-0.05, 0) is 37.9 Å². The van der Waals surface area contributed by atoms with Gasteiger partial charge in [-0.3, -0.25) is 0 Å². The second-order valence-corrected chi connectivity index (χ2v) is 4.35. The topological polar surface area (TPSA) is 21.3 Å². The molecule has 1 N–H and O–H groups in total. The van der Waals surface area contributed by atoms with Crippen LogP contribution in [-0.2, 0) is 11.3 Å². The molecule has 0 unspecified atom stereocenters. The van der Waals surface area contributed by atoms with Crippen LogP contribution >= 0.6 is 0 Å². The lowest BCUT2D eigenvalue weighted by atomic mass is 10.2. The molecule has 1 aromatic rings. The minimum absolute atomic E-state index is 0.740. The second-order valence-electron chi connectivity index (χ2n) is 4.35. The molecule has 0 saturated carbocycles. The minimum atomic E-state index is 0.740. The number of rotatable bonds is 10. The van der Waals surface area contributed by atoms with Crippen molar-refractivity contribution in [2.45, 2.75) is 39.2 Å². The molecule has 1 rings (SSSR count). The third kappa shape index (κ3) is 7.94. The van der Waals surface area contributed by atoms with Crippen molar-refractivity contribution in [2.75, 3.05) is 19.7 Å². The zero-order valence-corrected chi connectivity index (χ0v) is 11.0. The molecule has 0 aliphatic rings. The predicted octanol–water partition coefficient (Wildman–Crippen LogP) is 3.37. The van der Waals surface area contributed by atoms with Crippen molar-refractivity contribution >= 4 is 0 Å². The molecule has 0 amide bonds. The third-order valence-corrected chi connectivity index (χ3v) is 2.71. The fourth-order valence-electron chi connectivity index (χ4n) is 1.65. The van der Waals surface area contributed by atoms with E-state index in [-0.39, 0.29) is 0 Å². The number of unbranched alkanes of at least 4 members (excludes halogenated alkanes) is 2. The average Bonchev–Trinajstić information content (AvgIpc) is 2.38. The Morgan fingerprint density at radius 1 is 1.00 bits per heavy atom. The van der Waals surface area contributed by atoms with Crippen molar-refractivity contribution in [3.05, 3.63) is 35.9 Å².